The summed E-state index contributed by atoms with van der Waals surface area (Å²) in [5, 5.41) is 10.9. The van der Waals surface area contributed by atoms with Crippen LogP contribution < -0.4 is 11.1 Å². The fourth-order valence-electron chi connectivity index (χ4n) is 1.50. The molecule has 7 nitrogen and oxygen atoms in total. The summed E-state index contributed by atoms with van der Waals surface area (Å²) in [6, 6.07) is 1.91. The summed E-state index contributed by atoms with van der Waals surface area (Å²) in [5.41, 5.74) is 4.91. The fourth-order valence-corrected chi connectivity index (χ4v) is 1.50. The van der Waals surface area contributed by atoms with E-state index in [0.29, 0.717) is 11.0 Å². The number of rotatable bonds is 6. The van der Waals surface area contributed by atoms with Crippen molar-refractivity contribution in [2.45, 2.75) is 6.54 Å². The van der Waals surface area contributed by atoms with E-state index in [0.717, 1.165) is 12.1 Å². The van der Waals surface area contributed by atoms with Gasteiger partial charge in [0.25, 0.3) is 0 Å². The summed E-state index contributed by atoms with van der Waals surface area (Å²) >= 11 is 0. The predicted octanol–water partition coefficient (Wildman–Crippen LogP) is 0.0463. The Kier molecular flexibility index (Phi) is 5.58. The van der Waals surface area contributed by atoms with Gasteiger partial charge >= 0.3 is 12.0 Å². The smallest absolute Gasteiger partial charge is 0.323 e. The number of nitrogens with zero attached hydrogens (tertiary/aromatic N) is 1. The lowest BCUT2D eigenvalue weighted by Crippen LogP contribution is -2.46. The van der Waals surface area contributed by atoms with Crippen LogP contribution in [0.2, 0.25) is 0 Å². The van der Waals surface area contributed by atoms with Gasteiger partial charge in [-0.1, -0.05) is 6.07 Å². The molecule has 0 unspecified atom stereocenters. The first kappa shape index (κ1) is 16.3. The lowest BCUT2D eigenvalue weighted by atomic mass is 10.2. The van der Waals surface area contributed by atoms with Gasteiger partial charge in [-0.15, -0.1) is 0 Å². The molecule has 0 radical (unpaired) electrons. The number of carboxylic acids is 1. The average Bonchev–Trinajstić information content (AvgIpc) is 2.35. The van der Waals surface area contributed by atoms with E-state index < -0.39 is 42.6 Å². The lowest BCUT2D eigenvalue weighted by Gasteiger charge is -2.19. The standard InChI is InChI=1S/C12H13F2N3O4/c13-8-2-1-7(9(14)3-8)4-16-12(21)17(5-10(15)18)6-11(19)20/h1-3H,4-6H2,(H2,15,18)(H,16,21)(H,19,20). The number of nitrogens with two attached hydrogens (primary N) is 1. The molecule has 0 aliphatic rings. The average molecular weight is 301 g/mol. The van der Waals surface area contributed by atoms with Crippen molar-refractivity contribution in [3.05, 3.63) is 35.4 Å². The third-order valence-electron chi connectivity index (χ3n) is 2.41. The molecule has 1 rings (SSSR count). The zero-order chi connectivity index (χ0) is 16.0. The minimum atomic E-state index is -1.33. The quantitative estimate of drug-likeness (QED) is 0.688. The Labute approximate surface area is 118 Å². The number of carbonyl (C=O) groups is 3. The fraction of sp³-hybridized carbons (Fsp3) is 0.250. The van der Waals surface area contributed by atoms with Crippen LogP contribution in [0.4, 0.5) is 13.6 Å². The monoisotopic (exact) mass is 301 g/mol. The van der Waals surface area contributed by atoms with Gasteiger partial charge in [-0.25, -0.2) is 13.6 Å². The molecule has 21 heavy (non-hydrogen) atoms. The zero-order valence-electron chi connectivity index (χ0n) is 10.8. The van der Waals surface area contributed by atoms with E-state index in [1.165, 1.54) is 0 Å². The lowest BCUT2D eigenvalue weighted by molar-refractivity contribution is -0.137. The molecule has 0 bridgehead atoms. The van der Waals surface area contributed by atoms with Crippen LogP contribution in [0.25, 0.3) is 0 Å². The Bertz CT molecular complexity index is 549. The van der Waals surface area contributed by atoms with Crippen molar-refractivity contribution in [1.29, 1.82) is 0 Å². The van der Waals surface area contributed by atoms with Crippen LogP contribution in [0.15, 0.2) is 18.2 Å². The van der Waals surface area contributed by atoms with Gasteiger partial charge in [0, 0.05) is 18.2 Å². The summed E-state index contributed by atoms with van der Waals surface area (Å²) < 4.78 is 26.1. The molecule has 0 aliphatic carbocycles. The van der Waals surface area contributed by atoms with Gasteiger partial charge in [0.1, 0.15) is 24.7 Å². The molecule has 0 aromatic heterocycles. The molecule has 9 heteroatoms. The summed E-state index contributed by atoms with van der Waals surface area (Å²) in [4.78, 5) is 33.7. The van der Waals surface area contributed by atoms with Crippen LogP contribution in [0.3, 0.4) is 0 Å². The number of benzene rings is 1. The number of hydrogen-bond acceptors (Lipinski definition) is 3. The van der Waals surface area contributed by atoms with Crippen molar-refractivity contribution >= 4 is 17.9 Å². The van der Waals surface area contributed by atoms with E-state index in [1.54, 1.807) is 0 Å². The van der Waals surface area contributed by atoms with Gasteiger partial charge in [-0.05, 0) is 6.07 Å². The zero-order valence-corrected chi connectivity index (χ0v) is 10.8. The van der Waals surface area contributed by atoms with Crippen LogP contribution in [-0.4, -0.2) is 41.0 Å². The molecule has 0 fully saturated rings. The number of urea groups is 1. The second-order valence-electron chi connectivity index (χ2n) is 4.11. The maximum absolute atomic E-state index is 13.3. The highest BCUT2D eigenvalue weighted by molar-refractivity contribution is 5.85. The molecule has 0 atom stereocenters. The van der Waals surface area contributed by atoms with Crippen molar-refractivity contribution in [2.24, 2.45) is 5.73 Å². The van der Waals surface area contributed by atoms with Crippen molar-refractivity contribution in [1.82, 2.24) is 10.2 Å². The van der Waals surface area contributed by atoms with Gasteiger partial charge in [-0.3, -0.25) is 9.59 Å². The van der Waals surface area contributed by atoms with Gasteiger partial charge in [0.2, 0.25) is 5.91 Å². The van der Waals surface area contributed by atoms with E-state index in [2.05, 4.69) is 5.32 Å². The number of nitrogens with one attached hydrogen (secondary N) is 1. The van der Waals surface area contributed by atoms with Crippen LogP contribution >= 0.6 is 0 Å². The molecule has 0 saturated heterocycles. The highest BCUT2D eigenvalue weighted by Crippen LogP contribution is 2.09. The van der Waals surface area contributed by atoms with Crippen LogP contribution in [0.1, 0.15) is 5.56 Å². The second kappa shape index (κ2) is 7.17. The van der Waals surface area contributed by atoms with Crippen molar-refractivity contribution in [3.8, 4) is 0 Å². The SMILES string of the molecule is NC(=O)CN(CC(=O)O)C(=O)NCc1ccc(F)cc1F. The maximum atomic E-state index is 13.3. The topological polar surface area (TPSA) is 113 Å². The highest BCUT2D eigenvalue weighted by atomic mass is 19.1. The van der Waals surface area contributed by atoms with Gasteiger partial charge in [0.15, 0.2) is 0 Å². The van der Waals surface area contributed by atoms with Gasteiger partial charge in [-0.2, -0.15) is 0 Å². The van der Waals surface area contributed by atoms with Crippen molar-refractivity contribution in [3.63, 3.8) is 0 Å². The molecule has 1 aromatic carbocycles. The number of primary amides is 1. The molecule has 114 valence electrons. The molecule has 0 saturated carbocycles. The van der Waals surface area contributed by atoms with Crippen LogP contribution in [0.5, 0.6) is 0 Å². The largest absolute Gasteiger partial charge is 0.480 e. The Morgan fingerprint density at radius 1 is 1.24 bits per heavy atom. The van der Waals surface area contributed by atoms with E-state index in [-0.39, 0.29) is 12.1 Å². The molecular weight excluding hydrogens is 288 g/mol. The number of hydrogen-bond donors (Lipinski definition) is 3. The summed E-state index contributed by atoms with van der Waals surface area (Å²) in [7, 11) is 0. The highest BCUT2D eigenvalue weighted by Gasteiger charge is 2.18. The molecule has 0 aliphatic heterocycles. The second-order valence-corrected chi connectivity index (χ2v) is 4.11. The van der Waals surface area contributed by atoms with E-state index >= 15 is 0 Å². The molecule has 1 aromatic rings. The Morgan fingerprint density at radius 2 is 1.90 bits per heavy atom. The summed E-state index contributed by atoms with van der Waals surface area (Å²) in [5.74, 6) is -3.84. The Morgan fingerprint density at radius 3 is 2.43 bits per heavy atom. The summed E-state index contributed by atoms with van der Waals surface area (Å²) in [6.07, 6.45) is 0. The molecule has 0 spiro atoms. The third kappa shape index (κ3) is 5.43. The van der Waals surface area contributed by atoms with Gasteiger partial charge < -0.3 is 21.1 Å². The van der Waals surface area contributed by atoms with E-state index in [9.17, 15) is 23.2 Å². The Hall–Kier alpha value is -2.71. The Balaban J connectivity index is 2.68. The minimum absolute atomic E-state index is 0.0131. The first-order valence-corrected chi connectivity index (χ1v) is 5.76. The third-order valence-corrected chi connectivity index (χ3v) is 2.41. The molecule has 3 amide bonds. The van der Waals surface area contributed by atoms with E-state index in [4.69, 9.17) is 10.8 Å². The normalized spacial score (nSPS) is 10.0. The summed E-state index contributed by atoms with van der Waals surface area (Å²) in [6.45, 7) is -1.62. The van der Waals surface area contributed by atoms with Crippen molar-refractivity contribution in [2.75, 3.05) is 13.1 Å². The first-order valence-electron chi connectivity index (χ1n) is 5.76. The van der Waals surface area contributed by atoms with Gasteiger partial charge in [0.05, 0.1) is 0 Å². The maximum Gasteiger partial charge on any atom is 0.323 e. The van der Waals surface area contributed by atoms with Crippen LogP contribution in [0, 0.1) is 11.6 Å². The minimum Gasteiger partial charge on any atom is -0.480 e. The molecule has 4 N–H and O–H groups in total. The molecule has 0 heterocycles. The number of carbonyl (C=O) groups excluding carboxylic acids is 2. The number of carboxylic acid groups (broad SMARTS) is 1. The van der Waals surface area contributed by atoms with E-state index in [1.807, 2.05) is 0 Å². The number of amides is 3. The predicted molar refractivity (Wildman–Crippen MR) is 67.0 cm³/mol. The molecular formula is C12H13F2N3O4. The number of aliphatic carboxylic acids is 1. The first-order chi connectivity index (χ1) is 9.79. The van der Waals surface area contributed by atoms with Crippen LogP contribution in [-0.2, 0) is 16.1 Å². The number of halogens is 2. The van der Waals surface area contributed by atoms with Crippen molar-refractivity contribution < 1.29 is 28.3 Å².